The third-order valence-electron chi connectivity index (χ3n) is 2.82. The maximum atomic E-state index is 10.3. The molecule has 0 spiro atoms. The fourth-order valence-electron chi connectivity index (χ4n) is 1.74. The summed E-state index contributed by atoms with van der Waals surface area (Å²) < 4.78 is 4.77. The Hall–Kier alpha value is -2.49. The summed E-state index contributed by atoms with van der Waals surface area (Å²) in [5.74, 6) is 0.904. The number of nitrogens with zero attached hydrogens (tertiary/aromatic N) is 2. The van der Waals surface area contributed by atoms with Crippen molar-refractivity contribution >= 4 is 17.8 Å². The first-order valence-electron chi connectivity index (χ1n) is 6.41. The van der Waals surface area contributed by atoms with Crippen molar-refractivity contribution in [1.82, 2.24) is 0 Å². The van der Waals surface area contributed by atoms with Gasteiger partial charge in [0.25, 0.3) is 6.47 Å². The molecule has 20 heavy (non-hydrogen) atoms. The molecule has 2 aromatic rings. The zero-order valence-electron chi connectivity index (χ0n) is 11.5. The van der Waals surface area contributed by atoms with Crippen molar-refractivity contribution in [1.29, 1.82) is 0 Å². The van der Waals surface area contributed by atoms with Gasteiger partial charge in [-0.05, 0) is 35.7 Å². The Labute approximate surface area is 118 Å². The van der Waals surface area contributed by atoms with Gasteiger partial charge in [-0.15, -0.1) is 0 Å². The summed E-state index contributed by atoms with van der Waals surface area (Å²) in [5.41, 5.74) is 2.66. The minimum absolute atomic E-state index is 0.391. The zero-order chi connectivity index (χ0) is 14.4. The zero-order valence-corrected chi connectivity index (χ0v) is 11.5. The molecule has 0 radical (unpaired) electrons. The molecule has 0 aliphatic rings. The van der Waals surface area contributed by atoms with Crippen LogP contribution in [0.5, 0.6) is 5.75 Å². The molecule has 0 unspecified atom stereocenters. The number of rotatable bonds is 5. The third kappa shape index (κ3) is 3.75. The number of carbonyl (C=O) groups excluding carboxylic acids is 1. The summed E-state index contributed by atoms with van der Waals surface area (Å²) in [6.45, 7) is 4.66. The molecule has 0 bridgehead atoms. The van der Waals surface area contributed by atoms with Crippen LogP contribution in [-0.4, -0.2) is 6.47 Å². The lowest BCUT2D eigenvalue weighted by Gasteiger charge is -2.04. The van der Waals surface area contributed by atoms with Gasteiger partial charge in [-0.3, -0.25) is 4.79 Å². The highest BCUT2D eigenvalue weighted by atomic mass is 16.5. The predicted molar refractivity (Wildman–Crippen MR) is 77.8 cm³/mol. The van der Waals surface area contributed by atoms with E-state index in [0.29, 0.717) is 23.8 Å². The second-order valence-electron chi connectivity index (χ2n) is 4.66. The Morgan fingerprint density at radius 1 is 1.00 bits per heavy atom. The van der Waals surface area contributed by atoms with E-state index in [0.717, 1.165) is 5.69 Å². The van der Waals surface area contributed by atoms with Crippen LogP contribution < -0.4 is 4.74 Å². The van der Waals surface area contributed by atoms with E-state index in [1.165, 1.54) is 5.56 Å². The second kappa shape index (κ2) is 6.61. The highest BCUT2D eigenvalue weighted by molar-refractivity contribution is 5.50. The summed E-state index contributed by atoms with van der Waals surface area (Å²) in [6, 6.07) is 14.9. The average molecular weight is 268 g/mol. The van der Waals surface area contributed by atoms with Crippen LogP contribution in [0, 0.1) is 0 Å². The molecule has 4 heteroatoms. The number of hydrogen-bond acceptors (Lipinski definition) is 4. The predicted octanol–water partition coefficient (Wildman–Crippen LogP) is 4.76. The quantitative estimate of drug-likeness (QED) is 0.579. The first kappa shape index (κ1) is 13.9. The maximum Gasteiger partial charge on any atom is 0.298 e. The highest BCUT2D eigenvalue weighted by Crippen LogP contribution is 2.24. The van der Waals surface area contributed by atoms with E-state index in [4.69, 9.17) is 4.74 Å². The van der Waals surface area contributed by atoms with Gasteiger partial charge < -0.3 is 4.74 Å². The van der Waals surface area contributed by atoms with Crippen LogP contribution >= 0.6 is 0 Å². The number of benzene rings is 2. The van der Waals surface area contributed by atoms with Crippen molar-refractivity contribution in [2.45, 2.75) is 19.8 Å². The summed E-state index contributed by atoms with van der Waals surface area (Å²) in [7, 11) is 0. The molecule has 0 fully saturated rings. The standard InChI is InChI=1S/C16H16N2O2/c1-12(2)13-5-3-6-14(9-13)17-18-15-7-4-8-16(10-15)20-11-19/h3-12H,1-2H3. The molecule has 4 nitrogen and oxygen atoms in total. The molecule has 0 aromatic heterocycles. The fourth-order valence-corrected chi connectivity index (χ4v) is 1.74. The van der Waals surface area contributed by atoms with E-state index >= 15 is 0 Å². The Morgan fingerprint density at radius 3 is 2.30 bits per heavy atom. The molecule has 0 saturated carbocycles. The van der Waals surface area contributed by atoms with Crippen LogP contribution in [0.25, 0.3) is 0 Å². The molecule has 0 amide bonds. The van der Waals surface area contributed by atoms with E-state index in [1.54, 1.807) is 24.3 Å². The van der Waals surface area contributed by atoms with Crippen LogP contribution in [0.4, 0.5) is 11.4 Å². The van der Waals surface area contributed by atoms with Gasteiger partial charge in [0, 0.05) is 6.07 Å². The summed E-state index contributed by atoms with van der Waals surface area (Å²) in [4.78, 5) is 10.3. The van der Waals surface area contributed by atoms with Crippen molar-refractivity contribution in [2.75, 3.05) is 0 Å². The molecule has 0 atom stereocenters. The van der Waals surface area contributed by atoms with Crippen LogP contribution in [0.3, 0.4) is 0 Å². The van der Waals surface area contributed by atoms with Gasteiger partial charge in [-0.25, -0.2) is 0 Å². The van der Waals surface area contributed by atoms with Crippen molar-refractivity contribution in [3.8, 4) is 5.75 Å². The van der Waals surface area contributed by atoms with Gasteiger partial charge in [-0.2, -0.15) is 10.2 Å². The monoisotopic (exact) mass is 268 g/mol. The first-order chi connectivity index (χ1) is 9.69. The van der Waals surface area contributed by atoms with Crippen LogP contribution in [0.1, 0.15) is 25.3 Å². The van der Waals surface area contributed by atoms with E-state index in [1.807, 2.05) is 18.2 Å². The van der Waals surface area contributed by atoms with E-state index < -0.39 is 0 Å². The van der Waals surface area contributed by atoms with E-state index in [9.17, 15) is 4.79 Å². The smallest absolute Gasteiger partial charge is 0.298 e. The highest BCUT2D eigenvalue weighted by Gasteiger charge is 2.00. The van der Waals surface area contributed by atoms with Crippen molar-refractivity contribution in [3.05, 3.63) is 54.1 Å². The molecule has 0 aliphatic carbocycles. The van der Waals surface area contributed by atoms with Crippen molar-refractivity contribution < 1.29 is 9.53 Å². The van der Waals surface area contributed by atoms with Gasteiger partial charge in [-0.1, -0.05) is 32.0 Å². The number of carbonyl (C=O) groups is 1. The molecule has 0 aliphatic heterocycles. The molecule has 0 heterocycles. The summed E-state index contributed by atoms with van der Waals surface area (Å²) in [6.07, 6.45) is 0. The number of ether oxygens (including phenoxy) is 1. The van der Waals surface area contributed by atoms with Gasteiger partial charge in [0.05, 0.1) is 11.4 Å². The Morgan fingerprint density at radius 2 is 1.65 bits per heavy atom. The van der Waals surface area contributed by atoms with Crippen LogP contribution in [0.15, 0.2) is 58.8 Å². The lowest BCUT2D eigenvalue weighted by molar-refractivity contribution is -0.120. The van der Waals surface area contributed by atoms with E-state index in [2.05, 4.69) is 30.1 Å². The Bertz CT molecular complexity index is 621. The minimum atomic E-state index is 0.391. The van der Waals surface area contributed by atoms with Crippen molar-refractivity contribution in [2.24, 2.45) is 10.2 Å². The SMILES string of the molecule is CC(C)c1cccc(N=Nc2cccc(OC=O)c2)c1. The van der Waals surface area contributed by atoms with Gasteiger partial charge in [0.2, 0.25) is 0 Å². The largest absolute Gasteiger partial charge is 0.429 e. The third-order valence-corrected chi connectivity index (χ3v) is 2.82. The maximum absolute atomic E-state index is 10.3. The van der Waals surface area contributed by atoms with Gasteiger partial charge in [0.1, 0.15) is 5.75 Å². The Kier molecular flexibility index (Phi) is 4.60. The van der Waals surface area contributed by atoms with Crippen LogP contribution in [-0.2, 0) is 4.79 Å². The number of azo groups is 1. The lowest BCUT2D eigenvalue weighted by atomic mass is 10.0. The normalized spacial score (nSPS) is 10.9. The fraction of sp³-hybridized carbons (Fsp3) is 0.188. The van der Waals surface area contributed by atoms with Gasteiger partial charge >= 0.3 is 0 Å². The molecule has 2 rings (SSSR count). The summed E-state index contributed by atoms with van der Waals surface area (Å²) >= 11 is 0. The topological polar surface area (TPSA) is 51.0 Å². The van der Waals surface area contributed by atoms with Crippen molar-refractivity contribution in [3.63, 3.8) is 0 Å². The van der Waals surface area contributed by atoms with Crippen LogP contribution in [0.2, 0.25) is 0 Å². The molecule has 2 aromatic carbocycles. The Balaban J connectivity index is 2.18. The molecular formula is C16H16N2O2. The summed E-state index contributed by atoms with van der Waals surface area (Å²) in [5, 5.41) is 8.35. The minimum Gasteiger partial charge on any atom is -0.429 e. The second-order valence-corrected chi connectivity index (χ2v) is 4.66. The average Bonchev–Trinajstić information content (AvgIpc) is 2.46. The van der Waals surface area contributed by atoms with E-state index in [-0.39, 0.29) is 0 Å². The van der Waals surface area contributed by atoms with Gasteiger partial charge in [0.15, 0.2) is 0 Å². The molecule has 0 saturated heterocycles. The number of hydrogen-bond donors (Lipinski definition) is 0. The molecule has 0 N–H and O–H groups in total. The molecular weight excluding hydrogens is 252 g/mol. The molecule has 102 valence electrons. The first-order valence-corrected chi connectivity index (χ1v) is 6.41. The lowest BCUT2D eigenvalue weighted by Crippen LogP contribution is -1.86.